The minimum absolute atomic E-state index is 0.0408. The van der Waals surface area contributed by atoms with Gasteiger partial charge in [-0.25, -0.2) is 0 Å². The summed E-state index contributed by atoms with van der Waals surface area (Å²) in [7, 11) is 1.47. The number of unbranched alkanes of at least 4 members (excludes halogenated alkanes) is 15. The second-order valence-corrected chi connectivity index (χ2v) is 17.2. The third kappa shape index (κ3) is 21.4. The lowest BCUT2D eigenvalue weighted by atomic mass is 9.98. The molecule has 0 radical (unpaired) electrons. The molecule has 0 aromatic carbocycles. The van der Waals surface area contributed by atoms with Gasteiger partial charge in [0.05, 0.1) is 46.5 Å². The molecule has 1 aliphatic heterocycles. The van der Waals surface area contributed by atoms with Crippen molar-refractivity contribution < 1.29 is 22.9 Å². The van der Waals surface area contributed by atoms with Crippen LogP contribution in [0.3, 0.4) is 0 Å². The minimum atomic E-state index is -3.20. The van der Waals surface area contributed by atoms with Crippen LogP contribution < -0.4 is 0 Å². The highest BCUT2D eigenvalue weighted by atomic mass is 28.4. The maximum absolute atomic E-state index is 11.4. The van der Waals surface area contributed by atoms with Gasteiger partial charge in [0.1, 0.15) is 0 Å². The first kappa shape index (κ1) is 39.0. The van der Waals surface area contributed by atoms with Crippen LogP contribution in [0.15, 0.2) is 0 Å². The monoisotopic (exact) mass is 601 g/mol. The Hall–Kier alpha value is 0.0169. The third-order valence-corrected chi connectivity index (χ3v) is 11.3. The molecule has 0 aromatic rings. The Morgan fingerprint density at radius 3 is 1.61 bits per heavy atom. The lowest BCUT2D eigenvalue weighted by Crippen LogP contribution is -2.47. The second kappa shape index (κ2) is 23.4. The van der Waals surface area contributed by atoms with E-state index in [4.69, 9.17) is 13.6 Å². The van der Waals surface area contributed by atoms with E-state index in [1.54, 1.807) is 0 Å². The van der Waals surface area contributed by atoms with Crippen LogP contribution in [0.5, 0.6) is 0 Å². The summed E-state index contributed by atoms with van der Waals surface area (Å²) in [6.45, 7) is 15.1. The van der Waals surface area contributed by atoms with Crippen molar-refractivity contribution >= 4 is 8.80 Å². The molecular formula is C35H74NO4Si+. The number of nitrogens with zero attached hydrogens (tertiary/aromatic N) is 1. The lowest BCUT2D eigenvalue weighted by molar-refractivity contribution is -0.890. The molecule has 1 rings (SSSR count). The minimum Gasteiger partial charge on any atom is -0.390 e. The summed E-state index contributed by atoms with van der Waals surface area (Å²) in [6.07, 6.45) is 24.6. The molecule has 41 heavy (non-hydrogen) atoms. The van der Waals surface area contributed by atoms with E-state index in [9.17, 15) is 4.80 Å². The number of rotatable bonds is 24. The molecule has 1 N–H and O–H groups in total. The zero-order valence-corrected chi connectivity index (χ0v) is 29.9. The normalized spacial score (nSPS) is 22.7. The first-order valence-corrected chi connectivity index (χ1v) is 20.0. The predicted octanol–water partition coefficient (Wildman–Crippen LogP) is 9.40. The summed E-state index contributed by atoms with van der Waals surface area (Å²) >= 11 is 0. The summed E-state index contributed by atoms with van der Waals surface area (Å²) in [5.41, 5.74) is 0. The summed E-state index contributed by atoms with van der Waals surface area (Å²) in [4.78, 5) is 11.4. The van der Waals surface area contributed by atoms with E-state index < -0.39 is 8.80 Å². The number of hydrogen-bond donors (Lipinski definition) is 1. The van der Waals surface area contributed by atoms with Gasteiger partial charge >= 0.3 is 8.80 Å². The average Bonchev–Trinajstić information content (AvgIpc) is 2.98. The molecule has 0 aliphatic carbocycles. The van der Waals surface area contributed by atoms with Gasteiger partial charge in [0.2, 0.25) is 0 Å². The SMILES string of the molecule is CCCCCCCCCCCCCCCCCC[N+](C)(C)CCC[Si]1(O)OCC(CC(C)C)OCC(C(C)C)CO1. The molecule has 1 saturated heterocycles. The molecule has 3 unspecified atom stereocenters. The fourth-order valence-electron chi connectivity index (χ4n) is 5.98. The Bertz CT molecular complexity index is 603. The molecule has 1 fully saturated rings. The van der Waals surface area contributed by atoms with Gasteiger partial charge in [0.25, 0.3) is 0 Å². The molecule has 246 valence electrons. The van der Waals surface area contributed by atoms with Gasteiger partial charge in [-0.2, -0.15) is 0 Å². The molecule has 1 heterocycles. The highest BCUT2D eigenvalue weighted by Gasteiger charge is 2.40. The van der Waals surface area contributed by atoms with Crippen LogP contribution >= 0.6 is 0 Å². The van der Waals surface area contributed by atoms with E-state index >= 15 is 0 Å². The molecule has 0 spiro atoms. The zero-order valence-electron chi connectivity index (χ0n) is 28.9. The van der Waals surface area contributed by atoms with Crippen LogP contribution in [0.4, 0.5) is 0 Å². The Balaban J connectivity index is 2.17. The van der Waals surface area contributed by atoms with Crippen LogP contribution in [-0.4, -0.2) is 71.2 Å². The summed E-state index contributed by atoms with van der Waals surface area (Å²) < 4.78 is 19.5. The fraction of sp³-hybridized carbons (Fsp3) is 1.00. The molecule has 5 nitrogen and oxygen atoms in total. The lowest BCUT2D eigenvalue weighted by Gasteiger charge is -2.31. The van der Waals surface area contributed by atoms with Crippen molar-refractivity contribution in [3.63, 3.8) is 0 Å². The molecule has 0 aromatic heterocycles. The van der Waals surface area contributed by atoms with Crippen molar-refractivity contribution in [3.05, 3.63) is 0 Å². The average molecular weight is 601 g/mol. The van der Waals surface area contributed by atoms with Crippen LogP contribution in [0.1, 0.15) is 150 Å². The molecule has 0 amide bonds. The molecule has 6 heteroatoms. The topological polar surface area (TPSA) is 47.9 Å². The molecule has 3 atom stereocenters. The highest BCUT2D eigenvalue weighted by molar-refractivity contribution is 6.59. The van der Waals surface area contributed by atoms with Gasteiger partial charge in [-0.1, -0.05) is 125 Å². The standard InChI is InChI=1S/C35H74NO4Si/c1-8-9-10-11-12-13-14-15-16-17-18-19-20-21-22-23-25-36(6,7)26-24-27-41(37)39-30-34(33(4)5)29-38-35(31-40-41)28-32(2)3/h32-35,37H,8-31H2,1-7H3/q+1. The van der Waals surface area contributed by atoms with Crippen LogP contribution in [0, 0.1) is 17.8 Å². The van der Waals surface area contributed by atoms with Crippen LogP contribution in [0.2, 0.25) is 6.04 Å². The number of ether oxygens (including phenoxy) is 1. The van der Waals surface area contributed by atoms with Gasteiger partial charge in [0, 0.05) is 25.0 Å². The van der Waals surface area contributed by atoms with Crippen LogP contribution in [-0.2, 0) is 13.6 Å². The largest absolute Gasteiger partial charge is 0.498 e. The van der Waals surface area contributed by atoms with Gasteiger partial charge in [-0.15, -0.1) is 0 Å². The summed E-state index contributed by atoms with van der Waals surface area (Å²) in [6, 6.07) is 0.646. The molecule has 0 saturated carbocycles. The van der Waals surface area contributed by atoms with Crippen LogP contribution in [0.25, 0.3) is 0 Å². The number of hydrogen-bond acceptors (Lipinski definition) is 4. The van der Waals surface area contributed by atoms with Crippen molar-refractivity contribution in [3.8, 4) is 0 Å². The molecular weight excluding hydrogens is 526 g/mol. The van der Waals surface area contributed by atoms with Gasteiger partial charge in [-0.05, 0) is 31.1 Å². The Morgan fingerprint density at radius 2 is 1.12 bits per heavy atom. The Labute approximate surface area is 258 Å². The highest BCUT2D eigenvalue weighted by Crippen LogP contribution is 2.24. The van der Waals surface area contributed by atoms with Crippen molar-refractivity contribution in [2.24, 2.45) is 17.8 Å². The first-order valence-electron chi connectivity index (χ1n) is 18.0. The van der Waals surface area contributed by atoms with E-state index in [0.29, 0.717) is 43.6 Å². The van der Waals surface area contributed by atoms with Gasteiger partial charge in [0.15, 0.2) is 0 Å². The Kier molecular flexibility index (Phi) is 22.3. The fourth-order valence-corrected chi connectivity index (χ4v) is 7.88. The second-order valence-electron chi connectivity index (χ2n) is 14.7. The van der Waals surface area contributed by atoms with Gasteiger partial charge in [-0.3, -0.25) is 0 Å². The Morgan fingerprint density at radius 1 is 0.659 bits per heavy atom. The smallest absolute Gasteiger partial charge is 0.390 e. The number of quaternary nitrogens is 1. The summed E-state index contributed by atoms with van der Waals surface area (Å²) in [5.74, 6) is 1.30. The summed E-state index contributed by atoms with van der Waals surface area (Å²) in [5, 5.41) is 0. The van der Waals surface area contributed by atoms with Gasteiger partial charge < -0.3 is 22.9 Å². The first-order chi connectivity index (χ1) is 19.6. The molecule has 0 bridgehead atoms. The maximum atomic E-state index is 11.4. The van der Waals surface area contributed by atoms with E-state index in [-0.39, 0.29) is 6.10 Å². The third-order valence-electron chi connectivity index (χ3n) is 9.11. The van der Waals surface area contributed by atoms with E-state index in [1.807, 2.05) is 0 Å². The van der Waals surface area contributed by atoms with Crippen molar-refractivity contribution in [1.82, 2.24) is 0 Å². The van der Waals surface area contributed by atoms with Crippen molar-refractivity contribution in [2.75, 3.05) is 47.0 Å². The maximum Gasteiger partial charge on any atom is 0.498 e. The quantitative estimate of drug-likeness (QED) is 0.0681. The predicted molar refractivity (Wildman–Crippen MR) is 178 cm³/mol. The van der Waals surface area contributed by atoms with Crippen molar-refractivity contribution in [2.45, 2.75) is 162 Å². The van der Waals surface area contributed by atoms with E-state index in [2.05, 4.69) is 48.7 Å². The van der Waals surface area contributed by atoms with Crippen molar-refractivity contribution in [1.29, 1.82) is 0 Å². The molecule has 1 aliphatic rings. The zero-order chi connectivity index (χ0) is 30.4. The van der Waals surface area contributed by atoms with E-state index in [1.165, 1.54) is 109 Å². The van der Waals surface area contributed by atoms with E-state index in [0.717, 1.165) is 23.9 Å².